The number of nitrogen functional groups attached to an aromatic ring is 1. The van der Waals surface area contributed by atoms with E-state index in [2.05, 4.69) is 12.4 Å². The van der Waals surface area contributed by atoms with Gasteiger partial charge < -0.3 is 5.73 Å². The third-order valence-electron chi connectivity index (χ3n) is 2.12. The first kappa shape index (κ1) is 11.5. The summed E-state index contributed by atoms with van der Waals surface area (Å²) >= 11 is 0. The van der Waals surface area contributed by atoms with Gasteiger partial charge in [0, 0.05) is 18.2 Å². The van der Waals surface area contributed by atoms with Crippen molar-refractivity contribution in [1.29, 1.82) is 0 Å². The summed E-state index contributed by atoms with van der Waals surface area (Å²) in [5.74, 6) is -0.220. The van der Waals surface area contributed by atoms with Crippen LogP contribution in [0.25, 0.3) is 0 Å². The normalized spacial score (nSPS) is 10.0. The second-order valence-corrected chi connectivity index (χ2v) is 3.29. The van der Waals surface area contributed by atoms with Gasteiger partial charge in [0.05, 0.1) is 0 Å². The Morgan fingerprint density at radius 2 is 2.27 bits per heavy atom. The Balaban J connectivity index is 2.70. The van der Waals surface area contributed by atoms with E-state index < -0.39 is 0 Å². The minimum atomic E-state index is -0.220. The van der Waals surface area contributed by atoms with Crippen LogP contribution in [0.4, 0.5) is 5.69 Å². The van der Waals surface area contributed by atoms with E-state index in [-0.39, 0.29) is 5.91 Å². The molecule has 3 N–H and O–H groups in total. The van der Waals surface area contributed by atoms with Crippen LogP contribution in [0.15, 0.2) is 18.2 Å². The summed E-state index contributed by atoms with van der Waals surface area (Å²) in [5.41, 5.74) is 10.9. The van der Waals surface area contributed by atoms with Gasteiger partial charge in [-0.2, -0.15) is 0 Å². The van der Waals surface area contributed by atoms with E-state index in [0.29, 0.717) is 12.3 Å². The first-order valence-electron chi connectivity index (χ1n) is 4.89. The van der Waals surface area contributed by atoms with Crippen molar-refractivity contribution in [2.75, 3.05) is 5.73 Å². The minimum absolute atomic E-state index is 0.220. The maximum atomic E-state index is 10.6. The second-order valence-electron chi connectivity index (χ2n) is 3.29. The van der Waals surface area contributed by atoms with Crippen molar-refractivity contribution < 1.29 is 9.63 Å². The molecule has 0 bridgehead atoms. The van der Waals surface area contributed by atoms with E-state index in [1.54, 1.807) is 0 Å². The Bertz CT molecular complexity index is 350. The molecule has 0 aromatic heterocycles. The van der Waals surface area contributed by atoms with Gasteiger partial charge in [0.15, 0.2) is 0 Å². The zero-order chi connectivity index (χ0) is 11.3. The third kappa shape index (κ3) is 3.25. The lowest BCUT2D eigenvalue weighted by atomic mass is 10.0. The molecule has 1 rings (SSSR count). The quantitative estimate of drug-likeness (QED) is 0.580. The van der Waals surface area contributed by atoms with Crippen LogP contribution < -0.4 is 11.2 Å². The summed E-state index contributed by atoms with van der Waals surface area (Å²) in [4.78, 5) is 15.6. The number of hydrogen-bond acceptors (Lipinski definition) is 3. The highest BCUT2D eigenvalue weighted by atomic mass is 16.6. The standard InChI is InChI=1S/C11H16N2O2/c1-3-9-5-4-6-11(12)10(9)7-15-13-8(2)14/h4-6H,3,7,12H2,1-2H3,(H,13,14). The molecule has 82 valence electrons. The van der Waals surface area contributed by atoms with Crippen molar-refractivity contribution in [3.63, 3.8) is 0 Å². The lowest BCUT2D eigenvalue weighted by Gasteiger charge is -2.11. The van der Waals surface area contributed by atoms with Crippen LogP contribution in [0.3, 0.4) is 0 Å². The van der Waals surface area contributed by atoms with Gasteiger partial charge in [-0.3, -0.25) is 9.63 Å². The monoisotopic (exact) mass is 208 g/mol. The van der Waals surface area contributed by atoms with Crippen molar-refractivity contribution in [2.24, 2.45) is 0 Å². The summed E-state index contributed by atoms with van der Waals surface area (Å²) < 4.78 is 0. The van der Waals surface area contributed by atoms with E-state index in [1.165, 1.54) is 6.92 Å². The topological polar surface area (TPSA) is 64.3 Å². The van der Waals surface area contributed by atoms with E-state index in [1.807, 2.05) is 18.2 Å². The number of rotatable bonds is 4. The number of hydroxylamine groups is 1. The van der Waals surface area contributed by atoms with Gasteiger partial charge in [-0.1, -0.05) is 19.1 Å². The number of carbonyl (C=O) groups excluding carboxylic acids is 1. The van der Waals surface area contributed by atoms with Gasteiger partial charge in [0.2, 0.25) is 5.91 Å². The SMILES string of the molecule is CCc1cccc(N)c1CONC(C)=O. The first-order valence-corrected chi connectivity index (χ1v) is 4.89. The van der Waals surface area contributed by atoms with Crippen LogP contribution in [0, 0.1) is 0 Å². The average Bonchev–Trinajstić information content (AvgIpc) is 2.20. The minimum Gasteiger partial charge on any atom is -0.398 e. The van der Waals surface area contributed by atoms with Crippen LogP contribution in [0.1, 0.15) is 25.0 Å². The number of hydrogen-bond donors (Lipinski definition) is 2. The molecule has 15 heavy (non-hydrogen) atoms. The van der Waals surface area contributed by atoms with Crippen molar-refractivity contribution in [3.05, 3.63) is 29.3 Å². The Labute approximate surface area is 89.4 Å². The van der Waals surface area contributed by atoms with E-state index in [4.69, 9.17) is 10.6 Å². The highest BCUT2D eigenvalue weighted by Gasteiger charge is 2.05. The Kier molecular flexibility index (Phi) is 4.12. The summed E-state index contributed by atoms with van der Waals surface area (Å²) in [6.45, 7) is 3.75. The van der Waals surface area contributed by atoms with Crippen LogP contribution >= 0.6 is 0 Å². The Hall–Kier alpha value is -1.55. The van der Waals surface area contributed by atoms with Crippen molar-refractivity contribution in [1.82, 2.24) is 5.48 Å². The summed E-state index contributed by atoms with van der Waals surface area (Å²) in [5, 5.41) is 0. The van der Waals surface area contributed by atoms with Crippen LogP contribution in [-0.2, 0) is 22.7 Å². The maximum Gasteiger partial charge on any atom is 0.240 e. The van der Waals surface area contributed by atoms with Gasteiger partial charge in [-0.15, -0.1) is 0 Å². The van der Waals surface area contributed by atoms with Crippen LogP contribution in [0.2, 0.25) is 0 Å². The van der Waals surface area contributed by atoms with E-state index >= 15 is 0 Å². The number of aryl methyl sites for hydroxylation is 1. The Morgan fingerprint density at radius 1 is 1.53 bits per heavy atom. The first-order chi connectivity index (χ1) is 7.15. The van der Waals surface area contributed by atoms with Gasteiger partial charge in [0.1, 0.15) is 6.61 Å². The molecular weight excluding hydrogens is 192 g/mol. The van der Waals surface area contributed by atoms with E-state index in [9.17, 15) is 4.79 Å². The molecule has 1 aromatic rings. The molecule has 1 aromatic carbocycles. The van der Waals surface area contributed by atoms with Gasteiger partial charge in [-0.05, 0) is 18.1 Å². The summed E-state index contributed by atoms with van der Waals surface area (Å²) in [6, 6.07) is 5.74. The predicted octanol–water partition coefficient (Wildman–Crippen LogP) is 1.40. The number of amides is 1. The zero-order valence-electron chi connectivity index (χ0n) is 9.04. The molecule has 4 heteroatoms. The number of benzene rings is 1. The van der Waals surface area contributed by atoms with Gasteiger partial charge in [-0.25, -0.2) is 5.48 Å². The second kappa shape index (κ2) is 5.36. The largest absolute Gasteiger partial charge is 0.398 e. The molecule has 0 fully saturated rings. The number of nitrogens with two attached hydrogens (primary N) is 1. The zero-order valence-corrected chi connectivity index (χ0v) is 9.04. The van der Waals surface area contributed by atoms with Crippen molar-refractivity contribution in [3.8, 4) is 0 Å². The molecule has 0 aliphatic carbocycles. The fraction of sp³-hybridized carbons (Fsp3) is 0.364. The fourth-order valence-corrected chi connectivity index (χ4v) is 1.37. The molecule has 0 radical (unpaired) electrons. The highest BCUT2D eigenvalue weighted by Crippen LogP contribution is 2.18. The molecular formula is C11H16N2O2. The number of anilines is 1. The van der Waals surface area contributed by atoms with Crippen molar-refractivity contribution >= 4 is 11.6 Å². The van der Waals surface area contributed by atoms with Gasteiger partial charge in [0.25, 0.3) is 0 Å². The molecule has 0 heterocycles. The molecule has 0 saturated carbocycles. The lowest BCUT2D eigenvalue weighted by molar-refractivity contribution is -0.132. The predicted molar refractivity (Wildman–Crippen MR) is 58.8 cm³/mol. The number of nitrogens with one attached hydrogen (secondary N) is 1. The molecule has 0 saturated heterocycles. The van der Waals surface area contributed by atoms with Gasteiger partial charge >= 0.3 is 0 Å². The smallest absolute Gasteiger partial charge is 0.240 e. The summed E-state index contributed by atoms with van der Waals surface area (Å²) in [6.07, 6.45) is 0.893. The fourth-order valence-electron chi connectivity index (χ4n) is 1.37. The summed E-state index contributed by atoms with van der Waals surface area (Å²) in [7, 11) is 0. The molecule has 0 unspecified atom stereocenters. The molecule has 1 amide bonds. The molecule has 0 atom stereocenters. The number of carbonyl (C=O) groups is 1. The molecule has 0 spiro atoms. The lowest BCUT2D eigenvalue weighted by Crippen LogP contribution is -2.20. The van der Waals surface area contributed by atoms with E-state index in [0.717, 1.165) is 17.5 Å². The maximum absolute atomic E-state index is 10.6. The molecule has 0 aliphatic heterocycles. The van der Waals surface area contributed by atoms with Crippen molar-refractivity contribution in [2.45, 2.75) is 26.9 Å². The average molecular weight is 208 g/mol. The third-order valence-corrected chi connectivity index (χ3v) is 2.12. The molecule has 4 nitrogen and oxygen atoms in total. The van der Waals surface area contributed by atoms with Crippen LogP contribution in [-0.4, -0.2) is 5.91 Å². The molecule has 0 aliphatic rings. The Morgan fingerprint density at radius 3 is 2.87 bits per heavy atom. The van der Waals surface area contributed by atoms with Crippen LogP contribution in [0.5, 0.6) is 0 Å². The highest BCUT2D eigenvalue weighted by molar-refractivity contribution is 5.71.